The van der Waals surface area contributed by atoms with Crippen LogP contribution < -0.4 is 16.0 Å². The average molecular weight is 595 g/mol. The average Bonchev–Trinajstić information content (AvgIpc) is 3.71. The van der Waals surface area contributed by atoms with E-state index in [9.17, 15) is 9.59 Å². The zero-order chi connectivity index (χ0) is 29.7. The minimum atomic E-state index is -0.0747. The molecule has 14 atom stereocenters. The van der Waals surface area contributed by atoms with Crippen molar-refractivity contribution in [3.8, 4) is 0 Å². The van der Waals surface area contributed by atoms with E-state index in [1.54, 1.807) is 0 Å². The van der Waals surface area contributed by atoms with Crippen LogP contribution in [0.1, 0.15) is 98.3 Å². The van der Waals surface area contributed by atoms with Crippen molar-refractivity contribution < 1.29 is 14.3 Å². The van der Waals surface area contributed by atoms with Crippen molar-refractivity contribution in [2.24, 2.45) is 64.1 Å². The summed E-state index contributed by atoms with van der Waals surface area (Å²) in [6.07, 6.45) is 13.0. The molecular formula is C36H58N4O3. The molecule has 4 aliphatic heterocycles. The maximum Gasteiger partial charge on any atom is 0.232 e. The number of nitrogens with one attached hydrogen (secondary N) is 3. The third-order valence-corrected chi connectivity index (χ3v) is 15.6. The molecule has 240 valence electrons. The number of hydrogen-bond donors (Lipinski definition) is 3. The molecule has 8 rings (SSSR count). The second-order valence-electron chi connectivity index (χ2n) is 17.5. The monoisotopic (exact) mass is 594 g/mol. The minimum Gasteiger partial charge on any atom is -0.357 e. The second kappa shape index (κ2) is 10.4. The highest BCUT2D eigenvalue weighted by Gasteiger charge is 2.68. The summed E-state index contributed by atoms with van der Waals surface area (Å²) in [5, 5.41) is 10.7. The van der Waals surface area contributed by atoms with Gasteiger partial charge in [0.2, 0.25) is 11.8 Å². The van der Waals surface area contributed by atoms with Crippen molar-refractivity contribution in [2.45, 2.75) is 116 Å². The van der Waals surface area contributed by atoms with Crippen LogP contribution in [0.25, 0.3) is 0 Å². The van der Waals surface area contributed by atoms with E-state index in [4.69, 9.17) is 4.74 Å². The van der Waals surface area contributed by atoms with Gasteiger partial charge in [0.25, 0.3) is 0 Å². The SMILES string of the molecule is C[C@@H]1CC[C@@]2(NC1)O[C@H]1C[C@H]3[C@@H]4CC[C@H]5C[C@H](NC(=O)CC(=O)N6CC7CNCC7C6)CC[C@]5(C)[C@H]4CC[C@]3(C)[C@H]1[C@@H]2C. The van der Waals surface area contributed by atoms with Gasteiger partial charge in [-0.2, -0.15) is 0 Å². The summed E-state index contributed by atoms with van der Waals surface area (Å²) >= 11 is 0. The van der Waals surface area contributed by atoms with Crippen molar-refractivity contribution in [3.63, 3.8) is 0 Å². The third kappa shape index (κ3) is 4.51. The van der Waals surface area contributed by atoms with Crippen LogP contribution in [0, 0.1) is 64.1 Å². The first-order valence-corrected chi connectivity index (χ1v) is 18.3. The molecule has 7 heteroatoms. The number of hydrogen-bond acceptors (Lipinski definition) is 5. The second-order valence-corrected chi connectivity index (χ2v) is 17.5. The first-order valence-electron chi connectivity index (χ1n) is 18.3. The molecule has 0 aromatic heterocycles. The van der Waals surface area contributed by atoms with E-state index >= 15 is 0 Å². The zero-order valence-corrected chi connectivity index (χ0v) is 27.3. The van der Waals surface area contributed by atoms with E-state index in [2.05, 4.69) is 43.6 Å². The normalized spacial score (nSPS) is 53.6. The third-order valence-electron chi connectivity index (χ3n) is 15.6. The zero-order valence-electron chi connectivity index (χ0n) is 27.3. The van der Waals surface area contributed by atoms with Gasteiger partial charge in [-0.25, -0.2) is 0 Å². The van der Waals surface area contributed by atoms with Gasteiger partial charge < -0.3 is 20.3 Å². The van der Waals surface area contributed by atoms with Crippen molar-refractivity contribution in [1.29, 1.82) is 0 Å². The molecule has 0 bridgehead atoms. The summed E-state index contributed by atoms with van der Waals surface area (Å²) in [5.41, 5.74) is 0.717. The molecule has 0 aromatic carbocycles. The van der Waals surface area contributed by atoms with Gasteiger partial charge in [0.05, 0.1) is 6.10 Å². The molecule has 8 aliphatic rings. The molecule has 4 saturated heterocycles. The summed E-state index contributed by atoms with van der Waals surface area (Å²) in [4.78, 5) is 27.9. The predicted octanol–water partition coefficient (Wildman–Crippen LogP) is 4.56. The lowest BCUT2D eigenvalue weighted by atomic mass is 9.44. The summed E-state index contributed by atoms with van der Waals surface area (Å²) in [5.74, 6) is 6.28. The van der Waals surface area contributed by atoms with Crippen molar-refractivity contribution in [3.05, 3.63) is 0 Å². The standard InChI is InChI=1S/C36H58N4O3/c1-21-7-12-36(38-16-21)22(2)33-30(43-36)14-29-27-6-5-25-13-26(8-10-34(25,3)28(27)9-11-35(29,33)4)39-31(41)15-32(42)40-19-23-17-37-18-24(23)20-40/h21-30,33,37-38H,5-20H2,1-4H3,(H,39,41)/t21-,22+,23?,24?,25+,26-,27-,28+,29+,30+,33+,34+,35+,36-/m1/s1. The van der Waals surface area contributed by atoms with Crippen molar-refractivity contribution in [2.75, 3.05) is 32.7 Å². The fourth-order valence-electron chi connectivity index (χ4n) is 13.2. The maximum atomic E-state index is 13.0. The molecule has 7 nitrogen and oxygen atoms in total. The minimum absolute atomic E-state index is 0.0227. The Morgan fingerprint density at radius 2 is 1.65 bits per heavy atom. The number of nitrogens with zero attached hydrogens (tertiary/aromatic N) is 1. The van der Waals surface area contributed by atoms with E-state index in [0.29, 0.717) is 46.5 Å². The lowest BCUT2D eigenvalue weighted by Crippen LogP contribution is -2.58. The number of rotatable bonds is 3. The summed E-state index contributed by atoms with van der Waals surface area (Å²) in [7, 11) is 0. The Bertz CT molecular complexity index is 1110. The fraction of sp³-hybridized carbons (Fsp3) is 0.944. The lowest BCUT2D eigenvalue weighted by molar-refractivity contribution is -0.138. The number of carbonyl (C=O) groups excluding carboxylic acids is 2. The molecule has 43 heavy (non-hydrogen) atoms. The van der Waals surface area contributed by atoms with Gasteiger partial charge in [-0.15, -0.1) is 0 Å². The van der Waals surface area contributed by atoms with Crippen LogP contribution in [0.15, 0.2) is 0 Å². The summed E-state index contributed by atoms with van der Waals surface area (Å²) < 4.78 is 7.09. The Morgan fingerprint density at radius 1 is 0.884 bits per heavy atom. The smallest absolute Gasteiger partial charge is 0.232 e. The topological polar surface area (TPSA) is 82.7 Å². The highest BCUT2D eigenvalue weighted by atomic mass is 16.5. The molecule has 1 spiro atoms. The molecule has 4 aliphatic carbocycles. The summed E-state index contributed by atoms with van der Waals surface area (Å²) in [6.45, 7) is 14.9. The largest absolute Gasteiger partial charge is 0.357 e. The number of fused-ring (bicyclic) bond motifs is 8. The van der Waals surface area contributed by atoms with Gasteiger partial charge in [-0.05, 0) is 122 Å². The Labute approximate surface area is 259 Å². The van der Waals surface area contributed by atoms with E-state index in [1.165, 1.54) is 51.4 Å². The molecule has 8 fully saturated rings. The van der Waals surface area contributed by atoms with E-state index < -0.39 is 0 Å². The van der Waals surface area contributed by atoms with Crippen molar-refractivity contribution in [1.82, 2.24) is 20.9 Å². The first-order chi connectivity index (χ1) is 20.6. The van der Waals surface area contributed by atoms with Crippen LogP contribution in [-0.4, -0.2) is 67.3 Å². The Kier molecular flexibility index (Phi) is 7.08. The summed E-state index contributed by atoms with van der Waals surface area (Å²) in [6, 6.07) is 0.230. The van der Waals surface area contributed by atoms with Crippen LogP contribution in [0.2, 0.25) is 0 Å². The Morgan fingerprint density at radius 3 is 2.40 bits per heavy atom. The highest BCUT2D eigenvalue weighted by Crippen LogP contribution is 2.71. The Hall–Kier alpha value is -1.18. The first kappa shape index (κ1) is 29.2. The van der Waals surface area contributed by atoms with E-state index in [-0.39, 0.29) is 30.0 Å². The quantitative estimate of drug-likeness (QED) is 0.418. The molecule has 0 aromatic rings. The van der Waals surface area contributed by atoms with Crippen LogP contribution in [-0.2, 0) is 14.3 Å². The molecule has 4 saturated carbocycles. The van der Waals surface area contributed by atoms with Gasteiger partial charge in [-0.3, -0.25) is 14.9 Å². The number of piperidine rings is 1. The lowest BCUT2D eigenvalue weighted by Gasteiger charge is -2.61. The van der Waals surface area contributed by atoms with Crippen LogP contribution in [0.3, 0.4) is 0 Å². The van der Waals surface area contributed by atoms with E-state index in [0.717, 1.165) is 69.2 Å². The molecule has 0 radical (unpaired) electrons. The highest BCUT2D eigenvalue weighted by molar-refractivity contribution is 5.97. The van der Waals surface area contributed by atoms with Gasteiger partial charge in [0.15, 0.2) is 0 Å². The van der Waals surface area contributed by atoms with E-state index in [1.807, 2.05) is 4.90 Å². The number of ether oxygens (including phenoxy) is 1. The maximum absolute atomic E-state index is 13.0. The van der Waals surface area contributed by atoms with Gasteiger partial charge in [0, 0.05) is 44.7 Å². The van der Waals surface area contributed by atoms with Crippen LogP contribution >= 0.6 is 0 Å². The molecule has 2 amide bonds. The van der Waals surface area contributed by atoms with Gasteiger partial charge in [-0.1, -0.05) is 27.7 Å². The van der Waals surface area contributed by atoms with Crippen LogP contribution in [0.4, 0.5) is 0 Å². The number of likely N-dealkylation sites (tertiary alicyclic amines) is 1. The van der Waals surface area contributed by atoms with Gasteiger partial charge >= 0.3 is 0 Å². The van der Waals surface area contributed by atoms with Crippen LogP contribution in [0.5, 0.6) is 0 Å². The molecule has 4 heterocycles. The number of amides is 2. The molecule has 2 unspecified atom stereocenters. The Balaban J connectivity index is 0.888. The molecule has 3 N–H and O–H groups in total. The molecular weight excluding hydrogens is 536 g/mol. The fourth-order valence-corrected chi connectivity index (χ4v) is 13.2. The van der Waals surface area contributed by atoms with Gasteiger partial charge in [0.1, 0.15) is 12.1 Å². The van der Waals surface area contributed by atoms with Crippen molar-refractivity contribution >= 4 is 11.8 Å². The predicted molar refractivity (Wildman–Crippen MR) is 167 cm³/mol. The number of carbonyl (C=O) groups is 2.